The average Bonchev–Trinajstić information content (AvgIpc) is 1.73. The van der Waals surface area contributed by atoms with E-state index in [4.69, 9.17) is 5.73 Å². The number of aliphatic hydroxyl groups excluding tert-OH is 3. The average molecular weight is 1410 g/mol. The number of nitrogens with two attached hydrogens (primary N) is 1. The maximum absolute atomic E-state index is 15.1. The van der Waals surface area contributed by atoms with Gasteiger partial charge in [0.2, 0.25) is 41.4 Å². The second kappa shape index (κ2) is 41.5. The number of nitrogens with zero attached hydrogens (tertiary/aromatic N) is 3. The normalized spacial score (nSPS) is 19.9. The number of H-pyrrole nitrogens is 1. The molecule has 0 saturated carbocycles. The van der Waals surface area contributed by atoms with E-state index in [0.29, 0.717) is 28.5 Å². The first-order valence-electron chi connectivity index (χ1n) is 30.9. The summed E-state index contributed by atoms with van der Waals surface area (Å²) in [4.78, 5) is 181. The molecular weight excluding hydrogens is 1320 g/mol. The van der Waals surface area contributed by atoms with Gasteiger partial charge >= 0.3 is 35.8 Å². The van der Waals surface area contributed by atoms with Gasteiger partial charge in [0, 0.05) is 80.7 Å². The van der Waals surface area contributed by atoms with Crippen LogP contribution in [0.4, 0.5) is 0 Å². The van der Waals surface area contributed by atoms with Crippen molar-refractivity contribution in [2.45, 2.75) is 113 Å². The van der Waals surface area contributed by atoms with Crippen LogP contribution >= 0.6 is 21.6 Å². The van der Waals surface area contributed by atoms with E-state index in [1.807, 2.05) is 0 Å². The van der Waals surface area contributed by atoms with Crippen LogP contribution in [0.5, 0.6) is 0 Å². The molecule has 1 aliphatic rings. The summed E-state index contributed by atoms with van der Waals surface area (Å²) in [5, 5.41) is 111. The van der Waals surface area contributed by atoms with E-state index in [0.717, 1.165) is 33.4 Å². The van der Waals surface area contributed by atoms with Gasteiger partial charge < -0.3 is 99.2 Å². The van der Waals surface area contributed by atoms with Gasteiger partial charge in [-0.1, -0.05) is 70.1 Å². The lowest BCUT2D eigenvalue weighted by molar-refractivity contribution is -0.155. The third kappa shape index (κ3) is 28.6. The second-order valence-electron chi connectivity index (χ2n) is 23.0. The van der Waals surface area contributed by atoms with Crippen molar-refractivity contribution < 1.29 is 108 Å². The molecule has 0 radical (unpaired) electrons. The molecule has 35 nitrogen and oxygen atoms in total. The molecule has 3 unspecified atom stereocenters. The van der Waals surface area contributed by atoms with Gasteiger partial charge in [0.25, 0.3) is 0 Å². The molecule has 4 rings (SSSR count). The maximum atomic E-state index is 15.1. The predicted molar refractivity (Wildman–Crippen MR) is 349 cm³/mol. The minimum Gasteiger partial charge on any atom is -0.481 e. The molecule has 97 heavy (non-hydrogen) atoms. The lowest BCUT2D eigenvalue weighted by Crippen LogP contribution is -2.62. The molecule has 536 valence electrons. The van der Waals surface area contributed by atoms with Crippen molar-refractivity contribution in [2.75, 3.05) is 90.1 Å². The Hall–Kier alpha value is -8.53. The fourth-order valence-electron chi connectivity index (χ4n) is 10.1. The number of aliphatic hydroxyl groups is 3. The van der Waals surface area contributed by atoms with E-state index in [-0.39, 0.29) is 65.0 Å². The molecule has 1 aliphatic heterocycles. The molecule has 37 heteroatoms. The van der Waals surface area contributed by atoms with Gasteiger partial charge in [-0.2, -0.15) is 0 Å². The number of nitrogens with one attached hydrogen (secondary N) is 9. The molecule has 10 atom stereocenters. The van der Waals surface area contributed by atoms with Gasteiger partial charge in [-0.05, 0) is 63.3 Å². The monoisotopic (exact) mass is 1410 g/mol. The van der Waals surface area contributed by atoms with E-state index in [1.54, 1.807) is 60.8 Å². The summed E-state index contributed by atoms with van der Waals surface area (Å²) in [5.41, 5.74) is 7.44. The van der Waals surface area contributed by atoms with Gasteiger partial charge in [0.05, 0.1) is 57.1 Å². The van der Waals surface area contributed by atoms with E-state index in [2.05, 4.69) is 47.5 Å². The topological polar surface area (TPSA) is 552 Å². The number of hydrogen-bond donors (Lipinski definition) is 19. The molecule has 2 aromatic carbocycles. The van der Waals surface area contributed by atoms with Crippen molar-refractivity contribution in [3.8, 4) is 0 Å². The lowest BCUT2D eigenvalue weighted by Gasteiger charge is -2.30. The molecule has 2 heterocycles. The van der Waals surface area contributed by atoms with Crippen molar-refractivity contribution in [1.29, 1.82) is 0 Å². The van der Waals surface area contributed by atoms with Gasteiger partial charge in [-0.15, -0.1) is 0 Å². The zero-order chi connectivity index (χ0) is 71.9. The molecule has 0 spiro atoms. The Morgan fingerprint density at radius 3 is 1.71 bits per heavy atom. The van der Waals surface area contributed by atoms with E-state index in [9.17, 15) is 98.7 Å². The van der Waals surface area contributed by atoms with E-state index < -0.39 is 201 Å². The molecule has 0 aliphatic carbocycles. The number of amides is 7. The van der Waals surface area contributed by atoms with Crippen LogP contribution in [0.15, 0.2) is 60.8 Å². The van der Waals surface area contributed by atoms with Crippen molar-refractivity contribution >= 4 is 110 Å². The number of para-hydroxylation sites is 1. The first kappa shape index (κ1) is 80.9. The third-order valence-corrected chi connectivity index (χ3v) is 17.7. The van der Waals surface area contributed by atoms with Crippen LogP contribution in [0.3, 0.4) is 0 Å². The Labute approximate surface area is 564 Å². The Morgan fingerprint density at radius 1 is 0.619 bits per heavy atom. The summed E-state index contributed by atoms with van der Waals surface area (Å²) in [7, 11) is 1.58. The van der Waals surface area contributed by atoms with Gasteiger partial charge in [-0.25, -0.2) is 0 Å². The number of aliphatic carboxylic acids is 6. The number of unbranched alkanes of at least 4 members (excludes halogenated alkanes) is 1. The number of carboxylic acids is 6. The molecule has 0 bridgehead atoms. The van der Waals surface area contributed by atoms with E-state index in [1.165, 1.54) is 16.7 Å². The first-order valence-corrected chi connectivity index (χ1v) is 33.3. The molecular formula is C60H87N13O22S2. The quantitative estimate of drug-likeness (QED) is 0.0146. The maximum Gasteiger partial charge on any atom is 0.317 e. The number of fused-ring (bicyclic) bond motifs is 1. The first-order chi connectivity index (χ1) is 46.0. The zero-order valence-corrected chi connectivity index (χ0v) is 55.0. The minimum atomic E-state index is -2.30. The van der Waals surface area contributed by atoms with Crippen LogP contribution in [0.2, 0.25) is 0 Å². The summed E-state index contributed by atoms with van der Waals surface area (Å²) in [6.45, 7) is -2.58. The summed E-state index contributed by atoms with van der Waals surface area (Å²) in [6, 6.07) is 2.22. The molecule has 3 aromatic rings. The van der Waals surface area contributed by atoms with Crippen LogP contribution in [0.25, 0.3) is 10.9 Å². The van der Waals surface area contributed by atoms with Crippen molar-refractivity contribution in [3.05, 3.63) is 71.9 Å². The van der Waals surface area contributed by atoms with Crippen molar-refractivity contribution in [1.82, 2.24) is 62.2 Å². The summed E-state index contributed by atoms with van der Waals surface area (Å²) in [5.74, 6) is -19.8. The second-order valence-corrected chi connectivity index (χ2v) is 25.5. The Morgan fingerprint density at radius 2 is 1.14 bits per heavy atom. The minimum absolute atomic E-state index is 0.0852. The number of rotatable bonds is 37. The van der Waals surface area contributed by atoms with Gasteiger partial charge in [0.1, 0.15) is 36.3 Å². The van der Waals surface area contributed by atoms with Crippen molar-refractivity contribution in [3.63, 3.8) is 0 Å². The summed E-state index contributed by atoms with van der Waals surface area (Å²) >= 11 is 0. The predicted octanol–water partition coefficient (Wildman–Crippen LogP) is -5.00. The molecule has 1 saturated heterocycles. The van der Waals surface area contributed by atoms with Crippen LogP contribution in [0, 0.1) is 5.92 Å². The number of carboxylic acid groups (broad SMARTS) is 6. The van der Waals surface area contributed by atoms with Crippen LogP contribution in [0.1, 0.15) is 50.7 Å². The number of carbonyl (C=O) groups excluding carboxylic acids is 7. The zero-order valence-electron chi connectivity index (χ0n) is 53.3. The third-order valence-electron chi connectivity index (χ3n) is 15.3. The smallest absolute Gasteiger partial charge is 0.317 e. The lowest BCUT2D eigenvalue weighted by atomic mass is 9.99. The van der Waals surface area contributed by atoms with Gasteiger partial charge in [0.15, 0.2) is 5.92 Å². The van der Waals surface area contributed by atoms with Crippen LogP contribution in [-0.4, -0.2) is 293 Å². The number of aromatic amines is 1. The Balaban J connectivity index is 1.84. The summed E-state index contributed by atoms with van der Waals surface area (Å²) in [6.07, 6.45) is -2.41. The SMILES string of the molecule is C[C@@H](O)C1NC(=O)[C@H](CCCCN)NC(=O)[C@@H](Cc2c[nH]c3ccccc23)NC(=O)C(Cc2ccccc2)NC(=O)[C@@H](NC(=O)[C@@H](CC(C(=O)O)C(=O)O)NCCN(CCN(CCN(CC(=O)O)CC(=O)O)CC(=O)O)CC(=O)O)CSSCC(C(=O)N[C@H](CO)[C@@H](C)O)NC1=O. The highest BCUT2D eigenvalue weighted by atomic mass is 33.1. The fraction of sp³-hybridized carbons (Fsp3) is 0.550. The molecule has 1 aromatic heterocycles. The van der Waals surface area contributed by atoms with Gasteiger partial charge in [-0.3, -0.25) is 77.0 Å². The fourth-order valence-corrected chi connectivity index (χ4v) is 12.4. The molecule has 20 N–H and O–H groups in total. The number of benzene rings is 2. The summed E-state index contributed by atoms with van der Waals surface area (Å²) < 4.78 is 0. The van der Waals surface area contributed by atoms with Crippen molar-refractivity contribution in [2.24, 2.45) is 11.7 Å². The van der Waals surface area contributed by atoms with Crippen LogP contribution < -0.4 is 48.3 Å². The number of carbonyl (C=O) groups is 13. The Kier molecular flexibility index (Phi) is 34.6. The van der Waals surface area contributed by atoms with E-state index >= 15 is 9.59 Å². The number of hydrogen-bond acceptors (Lipinski definition) is 23. The highest BCUT2D eigenvalue weighted by Crippen LogP contribution is 2.25. The van der Waals surface area contributed by atoms with Crippen LogP contribution in [-0.2, 0) is 75.2 Å². The Bertz CT molecular complexity index is 3140. The number of aromatic nitrogens is 1. The largest absolute Gasteiger partial charge is 0.481 e. The molecule has 1 fully saturated rings. The molecule has 7 amide bonds. The standard InChI is InChI=1S/C60H87N13O22S2/c1-33(75)44(30-74)67-57(90)46-32-97-96-31-45(68-53(86)41(24-38(59(92)93)60(94)95)62-16-17-71(26-47(77)78)18-19-72(27-48(79)80)20-21-73(28-49(81)82)29-50(83)84)56(89)65-42(22-35-10-4-3-5-11-35)54(87)66-43(23-36-25-63-39-13-7-6-12-37(36)39)55(88)64-40(14-8-9-15-61)52(85)70-51(34(2)76)58(91)69-46/h3-7,10-13,25,33-34,38,40-46,51,62-63,74-76H,8-9,14-24,26-32,61H2,1-2H3,(H,64,88)(H,65,89)(H,66,87)(H,67,90)(H,68,86)(H,69,91)(H,70,85)(H,77,78)(H,79,80)(H,81,82)(H,83,84)(H,92,93)(H,94,95)/t33-,34-,40+,41-,42?,43-,44-,45+,46?,51?/m1/s1. The highest BCUT2D eigenvalue weighted by molar-refractivity contribution is 8.76. The highest BCUT2D eigenvalue weighted by Gasteiger charge is 2.38.